The van der Waals surface area contributed by atoms with Crippen LogP contribution in [0.4, 0.5) is 0 Å². The minimum Gasteiger partial charge on any atom is -0.371 e. The van der Waals surface area contributed by atoms with Crippen LogP contribution in [0.5, 0.6) is 0 Å². The molecule has 4 nitrogen and oxygen atoms in total. The molecule has 0 spiro atoms. The van der Waals surface area contributed by atoms with Gasteiger partial charge in [0.05, 0.1) is 11.8 Å². The number of ether oxygens (including phenoxy) is 1. The molecule has 2 rings (SSSR count). The van der Waals surface area contributed by atoms with Crippen LogP contribution >= 0.6 is 0 Å². The zero-order valence-corrected chi connectivity index (χ0v) is 8.58. The number of hydrogen-bond donors (Lipinski definition) is 1. The summed E-state index contributed by atoms with van der Waals surface area (Å²) in [6, 6.07) is 0. The predicted molar refractivity (Wildman–Crippen MR) is 52.5 cm³/mol. The fraction of sp³-hybridized carbons (Fsp3) is 0.600. The van der Waals surface area contributed by atoms with Gasteiger partial charge in [-0.1, -0.05) is 0 Å². The Bertz CT molecular complexity index is 325. The van der Waals surface area contributed by atoms with Crippen LogP contribution in [-0.4, -0.2) is 16.1 Å². The van der Waals surface area contributed by atoms with Gasteiger partial charge in [-0.25, -0.2) is 9.97 Å². The third-order valence-electron chi connectivity index (χ3n) is 2.16. The van der Waals surface area contributed by atoms with Crippen molar-refractivity contribution in [2.45, 2.75) is 39.6 Å². The molecule has 14 heavy (non-hydrogen) atoms. The zero-order chi connectivity index (χ0) is 9.97. The molecule has 4 heteroatoms. The molecule has 0 bridgehead atoms. The molecule has 76 valence electrons. The highest BCUT2D eigenvalue weighted by atomic mass is 16.5. The van der Waals surface area contributed by atoms with E-state index < -0.39 is 0 Å². The molecule has 0 saturated heterocycles. The number of nitrogens with zero attached hydrogens (tertiary/aromatic N) is 2. The summed E-state index contributed by atoms with van der Waals surface area (Å²) in [4.78, 5) is 8.67. The first-order chi connectivity index (χ1) is 6.75. The Morgan fingerprint density at radius 3 is 3.14 bits per heavy atom. The number of rotatable bonds is 3. The molecule has 1 aromatic heterocycles. The lowest BCUT2D eigenvalue weighted by molar-refractivity contribution is 0.0611. The first kappa shape index (κ1) is 9.55. The number of aromatic nitrogens is 2. The monoisotopic (exact) mass is 193 g/mol. The minimum atomic E-state index is 0.227. The summed E-state index contributed by atoms with van der Waals surface area (Å²) in [7, 11) is 0. The second kappa shape index (κ2) is 4.02. The van der Waals surface area contributed by atoms with E-state index in [9.17, 15) is 0 Å². The molecule has 0 radical (unpaired) electrons. The summed E-state index contributed by atoms with van der Waals surface area (Å²) in [5.74, 6) is 0.779. The van der Waals surface area contributed by atoms with Gasteiger partial charge in [-0.3, -0.25) is 0 Å². The van der Waals surface area contributed by atoms with E-state index >= 15 is 0 Å². The van der Waals surface area contributed by atoms with Gasteiger partial charge in [0.15, 0.2) is 5.82 Å². The van der Waals surface area contributed by atoms with Gasteiger partial charge in [-0.2, -0.15) is 0 Å². The Kier molecular flexibility index (Phi) is 2.74. The smallest absolute Gasteiger partial charge is 0.154 e. The van der Waals surface area contributed by atoms with E-state index in [2.05, 4.69) is 15.3 Å². The highest BCUT2D eigenvalue weighted by molar-refractivity contribution is 5.21. The Morgan fingerprint density at radius 2 is 2.36 bits per heavy atom. The average molecular weight is 193 g/mol. The summed E-state index contributed by atoms with van der Waals surface area (Å²) in [5.41, 5.74) is 2.32. The van der Waals surface area contributed by atoms with Crippen LogP contribution in [0, 0.1) is 0 Å². The van der Waals surface area contributed by atoms with Gasteiger partial charge >= 0.3 is 0 Å². The van der Waals surface area contributed by atoms with E-state index in [0.29, 0.717) is 6.61 Å². The topological polar surface area (TPSA) is 47.0 Å². The molecule has 2 heterocycles. The Balaban J connectivity index is 2.05. The number of nitrogens with one attached hydrogen (secondary N) is 1. The molecule has 0 saturated carbocycles. The largest absolute Gasteiger partial charge is 0.371 e. The normalized spacial score (nSPS) is 14.8. The lowest BCUT2D eigenvalue weighted by Crippen LogP contribution is -2.07. The van der Waals surface area contributed by atoms with Crippen molar-refractivity contribution >= 4 is 0 Å². The summed E-state index contributed by atoms with van der Waals surface area (Å²) in [6.07, 6.45) is 2.12. The van der Waals surface area contributed by atoms with Crippen LogP contribution in [0.2, 0.25) is 0 Å². The number of hydrogen-bond acceptors (Lipinski definition) is 4. The summed E-state index contributed by atoms with van der Waals surface area (Å²) in [6.45, 7) is 6.27. The van der Waals surface area contributed by atoms with Crippen molar-refractivity contribution in [1.82, 2.24) is 15.3 Å². The van der Waals surface area contributed by atoms with Gasteiger partial charge in [-0.15, -0.1) is 0 Å². The third kappa shape index (κ3) is 2.08. The molecule has 0 atom stereocenters. The van der Waals surface area contributed by atoms with Crippen molar-refractivity contribution in [2.24, 2.45) is 0 Å². The highest BCUT2D eigenvalue weighted by Gasteiger charge is 2.12. The van der Waals surface area contributed by atoms with Crippen LogP contribution in [-0.2, 0) is 24.4 Å². The van der Waals surface area contributed by atoms with Crippen LogP contribution in [0.15, 0.2) is 6.20 Å². The lowest BCUT2D eigenvalue weighted by Gasteiger charge is -2.06. The fourth-order valence-corrected chi connectivity index (χ4v) is 1.41. The Hall–Kier alpha value is -1.00. The van der Waals surface area contributed by atoms with Crippen molar-refractivity contribution in [2.75, 3.05) is 0 Å². The van der Waals surface area contributed by atoms with Gasteiger partial charge in [-0.05, 0) is 13.8 Å². The van der Waals surface area contributed by atoms with Gasteiger partial charge in [0.1, 0.15) is 6.61 Å². The van der Waals surface area contributed by atoms with E-state index in [1.54, 1.807) is 0 Å². The van der Waals surface area contributed by atoms with Crippen LogP contribution in [0.3, 0.4) is 0 Å². The maximum atomic E-state index is 5.44. The first-order valence-corrected chi connectivity index (χ1v) is 4.91. The molecule has 0 unspecified atom stereocenters. The van der Waals surface area contributed by atoms with E-state index in [4.69, 9.17) is 4.74 Å². The van der Waals surface area contributed by atoms with Gasteiger partial charge in [0, 0.05) is 24.8 Å². The molecule has 0 amide bonds. The van der Waals surface area contributed by atoms with Crippen LogP contribution in [0.25, 0.3) is 0 Å². The van der Waals surface area contributed by atoms with Gasteiger partial charge < -0.3 is 10.1 Å². The average Bonchev–Trinajstić information content (AvgIpc) is 2.61. The zero-order valence-electron chi connectivity index (χ0n) is 8.58. The molecular formula is C10H15N3O. The second-order valence-electron chi connectivity index (χ2n) is 3.72. The van der Waals surface area contributed by atoms with E-state index in [0.717, 1.165) is 24.6 Å². The minimum absolute atomic E-state index is 0.227. The van der Waals surface area contributed by atoms with Gasteiger partial charge in [0.2, 0.25) is 0 Å². The van der Waals surface area contributed by atoms with Crippen molar-refractivity contribution < 1.29 is 4.74 Å². The van der Waals surface area contributed by atoms with E-state index in [1.165, 1.54) is 5.56 Å². The van der Waals surface area contributed by atoms with Crippen molar-refractivity contribution in [3.8, 4) is 0 Å². The Morgan fingerprint density at radius 1 is 1.50 bits per heavy atom. The number of fused-ring (bicyclic) bond motifs is 1. The molecule has 1 aliphatic heterocycles. The Labute approximate surface area is 83.7 Å². The van der Waals surface area contributed by atoms with Crippen LogP contribution in [0.1, 0.15) is 30.9 Å². The molecule has 1 aromatic rings. The summed E-state index contributed by atoms with van der Waals surface area (Å²) >= 11 is 0. The molecule has 0 aromatic carbocycles. The fourth-order valence-electron chi connectivity index (χ4n) is 1.41. The van der Waals surface area contributed by atoms with Crippen molar-refractivity contribution in [1.29, 1.82) is 0 Å². The second-order valence-corrected chi connectivity index (χ2v) is 3.72. The lowest BCUT2D eigenvalue weighted by atomic mass is 10.3. The highest BCUT2D eigenvalue weighted by Crippen LogP contribution is 2.11. The summed E-state index contributed by atoms with van der Waals surface area (Å²) in [5, 5.41) is 3.24. The van der Waals surface area contributed by atoms with Crippen molar-refractivity contribution in [3.05, 3.63) is 23.3 Å². The SMILES string of the molecule is CC(C)OCc1ncc2c(n1)CNC2. The molecule has 0 fully saturated rings. The quantitative estimate of drug-likeness (QED) is 0.778. The maximum Gasteiger partial charge on any atom is 0.154 e. The van der Waals surface area contributed by atoms with E-state index in [-0.39, 0.29) is 6.10 Å². The van der Waals surface area contributed by atoms with Crippen LogP contribution < -0.4 is 5.32 Å². The molecule has 0 aliphatic carbocycles. The van der Waals surface area contributed by atoms with E-state index in [1.807, 2.05) is 20.0 Å². The first-order valence-electron chi connectivity index (χ1n) is 4.91. The predicted octanol–water partition coefficient (Wildman–Crippen LogP) is 1.00. The summed E-state index contributed by atoms with van der Waals surface area (Å²) < 4.78 is 5.44. The molecule has 1 N–H and O–H groups in total. The molecule has 1 aliphatic rings. The van der Waals surface area contributed by atoms with Crippen molar-refractivity contribution in [3.63, 3.8) is 0 Å². The third-order valence-corrected chi connectivity index (χ3v) is 2.16. The standard InChI is InChI=1S/C10H15N3O/c1-7(2)14-6-10-12-4-8-3-11-5-9(8)13-10/h4,7,11H,3,5-6H2,1-2H3. The maximum absolute atomic E-state index is 5.44. The molecular weight excluding hydrogens is 178 g/mol. The van der Waals surface area contributed by atoms with Gasteiger partial charge in [0.25, 0.3) is 0 Å².